The normalized spacial score (nSPS) is 12.6. The van der Waals surface area contributed by atoms with E-state index in [2.05, 4.69) is 0 Å². The summed E-state index contributed by atoms with van der Waals surface area (Å²) in [5.41, 5.74) is 0.669. The van der Waals surface area contributed by atoms with Gasteiger partial charge in [0.2, 0.25) is 0 Å². The van der Waals surface area contributed by atoms with E-state index in [1.54, 1.807) is 6.07 Å². The van der Waals surface area contributed by atoms with E-state index in [4.69, 9.17) is 2.74 Å². The van der Waals surface area contributed by atoms with Crippen molar-refractivity contribution in [3.05, 3.63) is 29.8 Å². The van der Waals surface area contributed by atoms with Gasteiger partial charge < -0.3 is 5.11 Å². The van der Waals surface area contributed by atoms with E-state index >= 15 is 0 Å². The fourth-order valence-corrected chi connectivity index (χ4v) is 0.683. The molecule has 0 aliphatic carbocycles. The Morgan fingerprint density at radius 2 is 2.56 bits per heavy atom. The van der Waals surface area contributed by atoms with Gasteiger partial charge in [0.15, 0.2) is 0 Å². The van der Waals surface area contributed by atoms with Crippen molar-refractivity contribution in [3.8, 4) is 5.75 Å². The van der Waals surface area contributed by atoms with E-state index in [-0.39, 0.29) is 17.8 Å². The third-order valence-electron chi connectivity index (χ3n) is 1.23. The highest BCUT2D eigenvalue weighted by Gasteiger charge is 1.92. The molecule has 0 heterocycles. The predicted octanol–water partition coefficient (Wildman–Crippen LogP) is 1.95. The van der Waals surface area contributed by atoms with Crippen LogP contribution >= 0.6 is 0 Å². The molecule has 1 heteroatoms. The first-order chi connectivity index (χ1) is 5.15. The first-order valence-corrected chi connectivity index (χ1v) is 2.94. The first kappa shape index (κ1) is 3.94. The minimum Gasteiger partial charge on any atom is -0.508 e. The largest absolute Gasteiger partial charge is 0.508 e. The Bertz CT molecular complexity index is 271. The van der Waals surface area contributed by atoms with Crippen molar-refractivity contribution < 1.29 is 7.85 Å². The summed E-state index contributed by atoms with van der Waals surface area (Å²) >= 11 is 0. The van der Waals surface area contributed by atoms with Crippen molar-refractivity contribution in [3.63, 3.8) is 0 Å². The minimum absolute atomic E-state index is 0.00324. The molecule has 0 saturated heterocycles. The molecule has 0 saturated carbocycles. The third-order valence-corrected chi connectivity index (χ3v) is 1.23. The number of aryl methyl sites for hydroxylation is 1. The number of para-hydroxylation sites is 1. The molecule has 0 aliphatic heterocycles. The van der Waals surface area contributed by atoms with Crippen LogP contribution in [-0.2, 0) is 6.42 Å². The molecule has 1 aromatic carbocycles. The van der Waals surface area contributed by atoms with Crippen LogP contribution in [0.5, 0.6) is 5.75 Å². The molecule has 1 aromatic rings. The summed E-state index contributed by atoms with van der Waals surface area (Å²) in [6, 6.07) is 3.22. The van der Waals surface area contributed by atoms with Crippen molar-refractivity contribution in [2.45, 2.75) is 13.3 Å². The average molecular weight is 124 g/mol. The molecule has 0 aromatic heterocycles. The van der Waals surface area contributed by atoms with Crippen molar-refractivity contribution >= 4 is 0 Å². The topological polar surface area (TPSA) is 20.2 Å². The zero-order valence-electron chi connectivity index (χ0n) is 7.31. The maximum absolute atomic E-state index is 9.25. The van der Waals surface area contributed by atoms with Crippen LogP contribution in [0.2, 0.25) is 0 Å². The van der Waals surface area contributed by atoms with Gasteiger partial charge in [0, 0.05) is 0 Å². The van der Waals surface area contributed by atoms with Crippen LogP contribution in [0.4, 0.5) is 0 Å². The molecular formula is C8H10O. The number of benzene rings is 1. The predicted molar refractivity (Wildman–Crippen MR) is 37.5 cm³/mol. The van der Waals surface area contributed by atoms with Crippen LogP contribution in [0.3, 0.4) is 0 Å². The molecule has 0 unspecified atom stereocenters. The quantitative estimate of drug-likeness (QED) is 0.606. The molecule has 0 amide bonds. The third kappa shape index (κ3) is 1.22. The van der Waals surface area contributed by atoms with Crippen LogP contribution < -0.4 is 0 Å². The fourth-order valence-electron chi connectivity index (χ4n) is 0.683. The zero-order valence-corrected chi connectivity index (χ0v) is 5.31. The zero-order chi connectivity index (χ0) is 8.43. The second-order valence-electron chi connectivity index (χ2n) is 1.83. The van der Waals surface area contributed by atoms with Crippen LogP contribution in [0.1, 0.15) is 15.2 Å². The number of aromatic hydroxyl groups is 1. The number of phenols is 1. The summed E-state index contributed by atoms with van der Waals surface area (Å²) in [4.78, 5) is 0. The Hall–Kier alpha value is -0.980. The Balaban J connectivity index is 3.24. The van der Waals surface area contributed by atoms with Gasteiger partial charge in [-0.25, -0.2) is 0 Å². The van der Waals surface area contributed by atoms with Gasteiger partial charge in [0.1, 0.15) is 5.75 Å². The summed E-state index contributed by atoms with van der Waals surface area (Å²) < 4.78 is 14.5. The molecule has 0 atom stereocenters. The minimum atomic E-state index is 0.00324. The molecule has 48 valence electrons. The standard InChI is InChI=1S/C8H10O/c1-2-7-5-3-4-6-8(7)9/h3-6,9H,2H2,1H3/i3D,6D. The van der Waals surface area contributed by atoms with Crippen LogP contribution in [-0.4, -0.2) is 5.11 Å². The van der Waals surface area contributed by atoms with Gasteiger partial charge in [-0.3, -0.25) is 0 Å². The monoisotopic (exact) mass is 124 g/mol. The molecular weight excluding hydrogens is 112 g/mol. The molecule has 0 radical (unpaired) electrons. The molecule has 0 aliphatic rings. The summed E-state index contributed by atoms with van der Waals surface area (Å²) in [5.74, 6) is 0.00324. The van der Waals surface area contributed by atoms with Crippen molar-refractivity contribution in [2.75, 3.05) is 0 Å². The van der Waals surface area contributed by atoms with E-state index in [1.807, 2.05) is 6.92 Å². The van der Waals surface area contributed by atoms with Crippen LogP contribution in [0.15, 0.2) is 24.2 Å². The number of phenolic OH excluding ortho intramolecular Hbond substituents is 1. The lowest BCUT2D eigenvalue weighted by atomic mass is 10.1. The van der Waals surface area contributed by atoms with Gasteiger partial charge in [-0.1, -0.05) is 25.1 Å². The highest BCUT2D eigenvalue weighted by molar-refractivity contribution is 5.31. The van der Waals surface area contributed by atoms with Gasteiger partial charge in [-0.15, -0.1) is 0 Å². The Kier molecular flexibility index (Phi) is 1.11. The fraction of sp³-hybridized carbons (Fsp3) is 0.250. The molecule has 1 rings (SSSR count). The SMILES string of the molecule is [2H]c1cc([2H])c(O)c(CC)c1. The number of hydrogen-bond donors (Lipinski definition) is 1. The van der Waals surface area contributed by atoms with E-state index in [0.717, 1.165) is 0 Å². The molecule has 1 nitrogen and oxygen atoms in total. The van der Waals surface area contributed by atoms with E-state index in [0.29, 0.717) is 12.0 Å². The lowest BCUT2D eigenvalue weighted by Gasteiger charge is -1.97. The van der Waals surface area contributed by atoms with Crippen molar-refractivity contribution in [1.29, 1.82) is 0 Å². The first-order valence-electron chi connectivity index (χ1n) is 3.94. The summed E-state index contributed by atoms with van der Waals surface area (Å²) in [7, 11) is 0. The van der Waals surface area contributed by atoms with Crippen LogP contribution in [0.25, 0.3) is 0 Å². The number of hydrogen-bond acceptors (Lipinski definition) is 1. The summed E-state index contributed by atoms with van der Waals surface area (Å²) in [6.45, 7) is 1.88. The van der Waals surface area contributed by atoms with Gasteiger partial charge >= 0.3 is 0 Å². The summed E-state index contributed by atoms with van der Waals surface area (Å²) in [5, 5.41) is 9.25. The van der Waals surface area contributed by atoms with E-state index < -0.39 is 0 Å². The lowest BCUT2D eigenvalue weighted by Crippen LogP contribution is -1.77. The molecule has 0 fully saturated rings. The van der Waals surface area contributed by atoms with E-state index in [9.17, 15) is 5.11 Å². The van der Waals surface area contributed by atoms with Gasteiger partial charge in [0.05, 0.1) is 2.74 Å². The smallest absolute Gasteiger partial charge is 0.118 e. The van der Waals surface area contributed by atoms with Gasteiger partial charge in [-0.05, 0) is 18.0 Å². The van der Waals surface area contributed by atoms with Gasteiger partial charge in [0.25, 0.3) is 0 Å². The van der Waals surface area contributed by atoms with Crippen molar-refractivity contribution in [2.24, 2.45) is 0 Å². The van der Waals surface area contributed by atoms with Crippen molar-refractivity contribution in [1.82, 2.24) is 0 Å². The second-order valence-corrected chi connectivity index (χ2v) is 1.83. The highest BCUT2D eigenvalue weighted by atomic mass is 16.3. The summed E-state index contributed by atoms with van der Waals surface area (Å²) in [6.07, 6.45) is 0.657. The molecule has 0 bridgehead atoms. The van der Waals surface area contributed by atoms with Crippen LogP contribution in [0, 0.1) is 0 Å². The Labute approximate surface area is 57.8 Å². The Morgan fingerprint density at radius 1 is 1.78 bits per heavy atom. The maximum atomic E-state index is 9.25. The second kappa shape index (κ2) is 2.53. The molecule has 1 N–H and O–H groups in total. The molecule has 0 spiro atoms. The Morgan fingerprint density at radius 3 is 3.22 bits per heavy atom. The molecule has 9 heavy (non-hydrogen) atoms. The lowest BCUT2D eigenvalue weighted by molar-refractivity contribution is 0.469. The average Bonchev–Trinajstić information content (AvgIpc) is 1.96. The number of rotatable bonds is 1. The van der Waals surface area contributed by atoms with Gasteiger partial charge in [-0.2, -0.15) is 0 Å². The van der Waals surface area contributed by atoms with E-state index in [1.165, 1.54) is 6.07 Å². The highest BCUT2D eigenvalue weighted by Crippen LogP contribution is 2.14. The maximum Gasteiger partial charge on any atom is 0.118 e.